The van der Waals surface area contributed by atoms with Crippen LogP contribution in [0.25, 0.3) is 22.3 Å². The lowest BCUT2D eigenvalue weighted by Gasteiger charge is -2.57. The Balaban J connectivity index is 1.66. The van der Waals surface area contributed by atoms with Crippen LogP contribution in [-0.4, -0.2) is 18.2 Å². The van der Waals surface area contributed by atoms with Crippen molar-refractivity contribution >= 4 is 16.9 Å². The fraction of sp³-hybridized carbons (Fsp3) is 0.500. The first kappa shape index (κ1) is 21.8. The second kappa shape index (κ2) is 7.37. The Labute approximate surface area is 201 Å². The monoisotopic (exact) mass is 458 g/mol. The van der Waals surface area contributed by atoms with Crippen LogP contribution in [0.2, 0.25) is 0 Å². The van der Waals surface area contributed by atoms with Gasteiger partial charge in [-0.3, -0.25) is 0 Å². The maximum absolute atomic E-state index is 11.8. The molecule has 178 valence electrons. The first-order chi connectivity index (χ1) is 16.2. The molecule has 0 unspecified atom stereocenters. The molecule has 3 aromatic rings. The summed E-state index contributed by atoms with van der Waals surface area (Å²) < 4.78 is 12.6. The molecule has 0 atom stereocenters. The van der Waals surface area contributed by atoms with Gasteiger partial charge < -0.3 is 14.3 Å². The number of benzene rings is 2. The van der Waals surface area contributed by atoms with Gasteiger partial charge in [-0.2, -0.15) is 0 Å². The summed E-state index contributed by atoms with van der Waals surface area (Å²) >= 11 is 0. The van der Waals surface area contributed by atoms with Crippen LogP contribution >= 0.6 is 0 Å². The van der Waals surface area contributed by atoms with Crippen LogP contribution in [0.15, 0.2) is 40.8 Å². The number of fused-ring (bicyclic) bond motifs is 1. The molecule has 4 nitrogen and oxygen atoms in total. The van der Waals surface area contributed by atoms with E-state index in [4.69, 9.17) is 9.15 Å². The number of carboxylic acids is 1. The molecule has 34 heavy (non-hydrogen) atoms. The van der Waals surface area contributed by atoms with Crippen molar-refractivity contribution in [1.82, 2.24) is 0 Å². The number of carboxylic acid groups (broad SMARTS) is 1. The quantitative estimate of drug-likeness (QED) is 0.438. The van der Waals surface area contributed by atoms with Crippen molar-refractivity contribution < 1.29 is 19.1 Å². The van der Waals surface area contributed by atoms with Gasteiger partial charge in [-0.25, -0.2) is 4.79 Å². The molecule has 0 saturated heterocycles. The topological polar surface area (TPSA) is 59.7 Å². The van der Waals surface area contributed by atoms with Gasteiger partial charge in [0.25, 0.3) is 0 Å². The van der Waals surface area contributed by atoms with E-state index in [0.29, 0.717) is 5.56 Å². The summed E-state index contributed by atoms with van der Waals surface area (Å²) in [5, 5.41) is 10.8. The van der Waals surface area contributed by atoms with E-state index < -0.39 is 5.97 Å². The molecule has 1 aromatic heterocycles. The van der Waals surface area contributed by atoms with E-state index in [1.54, 1.807) is 13.2 Å². The first-order valence-electron chi connectivity index (χ1n) is 12.7. The van der Waals surface area contributed by atoms with Gasteiger partial charge in [0.2, 0.25) is 0 Å². The van der Waals surface area contributed by atoms with Gasteiger partial charge >= 0.3 is 5.97 Å². The Hall–Kier alpha value is -2.75. The highest BCUT2D eigenvalue weighted by molar-refractivity contribution is 5.95. The van der Waals surface area contributed by atoms with E-state index >= 15 is 0 Å². The third-order valence-electron chi connectivity index (χ3n) is 8.78. The predicted molar refractivity (Wildman–Crippen MR) is 134 cm³/mol. The summed E-state index contributed by atoms with van der Waals surface area (Å²) in [7, 11) is 1.74. The maximum Gasteiger partial charge on any atom is 0.335 e. The fourth-order valence-electron chi connectivity index (χ4n) is 7.90. The summed E-state index contributed by atoms with van der Waals surface area (Å²) in [4.78, 5) is 11.8. The number of ether oxygens (including phenoxy) is 1. The minimum absolute atomic E-state index is 0.102. The minimum Gasteiger partial charge on any atom is -0.496 e. The van der Waals surface area contributed by atoms with Crippen LogP contribution in [0.4, 0.5) is 0 Å². The lowest BCUT2D eigenvalue weighted by atomic mass is 9.47. The van der Waals surface area contributed by atoms with Crippen molar-refractivity contribution in [1.29, 1.82) is 0 Å². The lowest BCUT2D eigenvalue weighted by molar-refractivity contribution is -0.00455. The number of hydrogen-bond acceptors (Lipinski definition) is 3. The number of furan rings is 1. The summed E-state index contributed by atoms with van der Waals surface area (Å²) in [5.74, 6) is 3.30. The molecular formula is C30H34O4. The zero-order chi connectivity index (χ0) is 23.8. The highest BCUT2D eigenvalue weighted by atomic mass is 16.5. The van der Waals surface area contributed by atoms with Crippen molar-refractivity contribution in [2.24, 2.45) is 17.8 Å². The van der Waals surface area contributed by atoms with Gasteiger partial charge in [0, 0.05) is 16.5 Å². The Bertz CT molecular complexity index is 1250. The van der Waals surface area contributed by atoms with E-state index in [-0.39, 0.29) is 10.8 Å². The number of carbonyl (C=O) groups is 1. The summed E-state index contributed by atoms with van der Waals surface area (Å²) in [5.41, 5.74) is 4.39. The van der Waals surface area contributed by atoms with E-state index in [9.17, 15) is 9.90 Å². The molecule has 4 fully saturated rings. The maximum atomic E-state index is 11.8. The zero-order valence-electron chi connectivity index (χ0n) is 20.6. The lowest BCUT2D eigenvalue weighted by Crippen LogP contribution is -2.48. The Morgan fingerprint density at radius 2 is 1.68 bits per heavy atom. The Morgan fingerprint density at radius 1 is 1.03 bits per heavy atom. The van der Waals surface area contributed by atoms with E-state index in [0.717, 1.165) is 51.4 Å². The van der Waals surface area contributed by atoms with Gasteiger partial charge in [-0.05, 0) is 91.5 Å². The molecule has 4 aliphatic rings. The molecule has 2 aromatic carbocycles. The normalized spacial score (nSPS) is 27.9. The molecule has 0 spiro atoms. The zero-order valence-corrected chi connectivity index (χ0v) is 20.6. The van der Waals surface area contributed by atoms with Crippen LogP contribution < -0.4 is 4.74 Å². The molecule has 4 saturated carbocycles. The van der Waals surface area contributed by atoms with Crippen molar-refractivity contribution in [3.05, 3.63) is 53.1 Å². The van der Waals surface area contributed by atoms with Crippen LogP contribution in [0, 0.1) is 17.8 Å². The third-order valence-corrected chi connectivity index (χ3v) is 8.78. The predicted octanol–water partition coefficient (Wildman–Crippen LogP) is 7.57. The highest BCUT2D eigenvalue weighted by Crippen LogP contribution is 2.64. The van der Waals surface area contributed by atoms with Crippen LogP contribution in [0.5, 0.6) is 5.75 Å². The van der Waals surface area contributed by atoms with Crippen molar-refractivity contribution in [2.75, 3.05) is 7.11 Å². The second-order valence-corrected chi connectivity index (χ2v) is 12.2. The fourth-order valence-corrected chi connectivity index (χ4v) is 7.90. The number of hydrogen-bond donors (Lipinski definition) is 1. The van der Waals surface area contributed by atoms with Gasteiger partial charge in [0.15, 0.2) is 0 Å². The highest BCUT2D eigenvalue weighted by Gasteiger charge is 2.54. The molecule has 1 N–H and O–H groups in total. The van der Waals surface area contributed by atoms with Crippen molar-refractivity contribution in [3.63, 3.8) is 0 Å². The smallest absolute Gasteiger partial charge is 0.335 e. The minimum atomic E-state index is -0.898. The molecule has 0 aliphatic heterocycles. The van der Waals surface area contributed by atoms with E-state index in [1.807, 2.05) is 30.3 Å². The summed E-state index contributed by atoms with van der Waals surface area (Å²) in [6, 6.07) is 11.6. The summed E-state index contributed by atoms with van der Waals surface area (Å²) in [6.45, 7) is 6.43. The van der Waals surface area contributed by atoms with Crippen molar-refractivity contribution in [2.45, 2.75) is 70.1 Å². The third kappa shape index (κ3) is 3.21. The largest absolute Gasteiger partial charge is 0.496 e. The molecule has 7 rings (SSSR count). The number of rotatable bonds is 4. The van der Waals surface area contributed by atoms with E-state index in [2.05, 4.69) is 20.8 Å². The average molecular weight is 459 g/mol. The van der Waals surface area contributed by atoms with E-state index in [1.165, 1.54) is 44.1 Å². The van der Waals surface area contributed by atoms with Crippen LogP contribution in [-0.2, 0) is 10.8 Å². The van der Waals surface area contributed by atoms with Gasteiger partial charge in [-0.15, -0.1) is 0 Å². The first-order valence-corrected chi connectivity index (χ1v) is 12.7. The molecule has 4 bridgehead atoms. The summed E-state index contributed by atoms with van der Waals surface area (Å²) in [6.07, 6.45) is 7.79. The molecule has 4 heteroatoms. The second-order valence-electron chi connectivity index (χ2n) is 12.2. The molecule has 4 aliphatic carbocycles. The SMILES string of the molecule is COc1cccc2oc(-c3ccc(C(=O)O)cc3C(C)(C)C)c(C34CC5CC(CC(C5)C3)C4)c12. The Kier molecular flexibility index (Phi) is 4.72. The number of methoxy groups -OCH3 is 1. The Morgan fingerprint density at radius 3 is 2.24 bits per heavy atom. The van der Waals surface area contributed by atoms with Crippen molar-refractivity contribution in [3.8, 4) is 17.1 Å². The van der Waals surface area contributed by atoms with Gasteiger partial charge in [-0.1, -0.05) is 32.9 Å². The van der Waals surface area contributed by atoms with Crippen LogP contribution in [0.1, 0.15) is 80.8 Å². The van der Waals surface area contributed by atoms with Crippen LogP contribution in [0.3, 0.4) is 0 Å². The molecule has 0 radical (unpaired) electrons. The molecule has 1 heterocycles. The van der Waals surface area contributed by atoms with Gasteiger partial charge in [0.05, 0.1) is 18.1 Å². The average Bonchev–Trinajstić information content (AvgIpc) is 3.17. The van der Waals surface area contributed by atoms with Gasteiger partial charge in [0.1, 0.15) is 17.1 Å². The molecular weight excluding hydrogens is 424 g/mol. The standard InChI is InChI=1S/C30H34O4/c1-29(2,3)22-13-20(28(31)32)8-9-21(22)27-26(25-23(33-4)6-5-7-24(25)34-27)30-14-17-10-18(15-30)12-19(11-17)16-30/h5-9,13,17-19H,10-12,14-16H2,1-4H3,(H,31,32). The number of aromatic carboxylic acids is 1. The molecule has 0 amide bonds.